The van der Waals surface area contributed by atoms with Gasteiger partial charge in [0.1, 0.15) is 17.4 Å². The highest BCUT2D eigenvalue weighted by Crippen LogP contribution is 2.25. The Balaban J connectivity index is 1.47. The van der Waals surface area contributed by atoms with Crippen molar-refractivity contribution in [3.05, 3.63) is 89.6 Å². The van der Waals surface area contributed by atoms with Crippen molar-refractivity contribution in [2.24, 2.45) is 0 Å². The van der Waals surface area contributed by atoms with Gasteiger partial charge in [-0.25, -0.2) is 8.78 Å². The first-order chi connectivity index (χ1) is 15.0. The van der Waals surface area contributed by atoms with E-state index in [9.17, 15) is 13.6 Å². The molecule has 3 N–H and O–H groups in total. The Bertz CT molecular complexity index is 1240. The van der Waals surface area contributed by atoms with Crippen molar-refractivity contribution in [2.45, 2.75) is 6.42 Å². The van der Waals surface area contributed by atoms with Crippen molar-refractivity contribution in [3.8, 4) is 5.75 Å². The van der Waals surface area contributed by atoms with Gasteiger partial charge in [-0.05, 0) is 66.6 Å². The molecule has 0 aliphatic carbocycles. The molecular weight excluding hydrogens is 400 g/mol. The number of nitrogens with one attached hydrogen (secondary N) is 3. The topological polar surface area (TPSA) is 66.1 Å². The number of methoxy groups -OCH3 is 1. The average Bonchev–Trinajstić information content (AvgIpc) is 3.17. The zero-order chi connectivity index (χ0) is 21.8. The van der Waals surface area contributed by atoms with Crippen LogP contribution in [0.3, 0.4) is 0 Å². The lowest BCUT2D eigenvalue weighted by Gasteiger charge is -2.13. The highest BCUT2D eigenvalue weighted by molar-refractivity contribution is 6.00. The van der Waals surface area contributed by atoms with Crippen LogP contribution < -0.4 is 15.4 Å². The van der Waals surface area contributed by atoms with E-state index >= 15 is 0 Å². The van der Waals surface area contributed by atoms with Crippen LogP contribution in [0.15, 0.2) is 66.9 Å². The molecule has 4 rings (SSSR count). The Morgan fingerprint density at radius 1 is 1.03 bits per heavy atom. The third-order valence-corrected chi connectivity index (χ3v) is 4.98. The molecule has 0 saturated carbocycles. The van der Waals surface area contributed by atoms with E-state index in [0.717, 1.165) is 28.3 Å². The van der Waals surface area contributed by atoms with Gasteiger partial charge in [-0.2, -0.15) is 0 Å². The standard InChI is InChI=1S/C24H21F2N3O2/c1-31-19-6-8-22-20(13-19)15(14-28-22)9-10-27-24(30)21-12-17(26)5-7-23(21)29-18-4-2-3-16(25)11-18/h2-8,11-14,28-29H,9-10H2,1H3,(H,27,30). The molecule has 31 heavy (non-hydrogen) atoms. The zero-order valence-electron chi connectivity index (χ0n) is 16.8. The van der Waals surface area contributed by atoms with Crippen molar-refractivity contribution in [2.75, 3.05) is 19.0 Å². The molecule has 0 radical (unpaired) electrons. The largest absolute Gasteiger partial charge is 0.497 e. The number of ether oxygens (including phenoxy) is 1. The first kappa shape index (κ1) is 20.4. The lowest BCUT2D eigenvalue weighted by atomic mass is 10.1. The molecule has 3 aromatic carbocycles. The molecule has 0 aliphatic heterocycles. The molecule has 0 atom stereocenters. The van der Waals surface area contributed by atoms with Gasteiger partial charge in [-0.15, -0.1) is 0 Å². The van der Waals surface area contributed by atoms with Crippen LogP contribution in [0.25, 0.3) is 10.9 Å². The number of hydrogen-bond donors (Lipinski definition) is 3. The van der Waals surface area contributed by atoms with Gasteiger partial charge in [0.2, 0.25) is 0 Å². The summed E-state index contributed by atoms with van der Waals surface area (Å²) in [5.74, 6) is -0.604. The minimum atomic E-state index is -0.529. The molecular formula is C24H21F2N3O2. The summed E-state index contributed by atoms with van der Waals surface area (Å²) in [6.45, 7) is 0.360. The summed E-state index contributed by atoms with van der Waals surface area (Å²) in [5.41, 5.74) is 3.01. The quantitative estimate of drug-likeness (QED) is 0.386. The molecule has 0 saturated heterocycles. The zero-order valence-corrected chi connectivity index (χ0v) is 16.8. The van der Waals surface area contributed by atoms with Crippen molar-refractivity contribution < 1.29 is 18.3 Å². The summed E-state index contributed by atoms with van der Waals surface area (Å²) in [7, 11) is 1.61. The van der Waals surface area contributed by atoms with E-state index in [1.807, 2.05) is 24.4 Å². The highest BCUT2D eigenvalue weighted by Gasteiger charge is 2.14. The minimum absolute atomic E-state index is 0.143. The number of H-pyrrole nitrogens is 1. The van der Waals surface area contributed by atoms with Crippen molar-refractivity contribution in [1.29, 1.82) is 0 Å². The molecule has 5 nitrogen and oxygen atoms in total. The number of anilines is 2. The predicted octanol–water partition coefficient (Wildman–Crippen LogP) is 5.17. The maximum Gasteiger partial charge on any atom is 0.253 e. The van der Waals surface area contributed by atoms with Gasteiger partial charge >= 0.3 is 0 Å². The van der Waals surface area contributed by atoms with E-state index < -0.39 is 17.5 Å². The van der Waals surface area contributed by atoms with Crippen molar-refractivity contribution in [3.63, 3.8) is 0 Å². The average molecular weight is 421 g/mol. The Kier molecular flexibility index (Phi) is 5.84. The number of benzene rings is 3. The third kappa shape index (κ3) is 4.66. The van der Waals surface area contributed by atoms with Crippen LogP contribution in [-0.2, 0) is 6.42 Å². The molecule has 0 spiro atoms. The third-order valence-electron chi connectivity index (χ3n) is 4.98. The molecule has 0 bridgehead atoms. The number of aromatic nitrogens is 1. The number of rotatable bonds is 7. The summed E-state index contributed by atoms with van der Waals surface area (Å²) in [4.78, 5) is 15.9. The number of carbonyl (C=O) groups excluding carboxylic acids is 1. The Labute approximate surface area is 178 Å². The molecule has 1 heterocycles. The minimum Gasteiger partial charge on any atom is -0.497 e. The second-order valence-corrected chi connectivity index (χ2v) is 7.06. The number of halogens is 2. The maximum absolute atomic E-state index is 13.8. The number of hydrogen-bond acceptors (Lipinski definition) is 3. The highest BCUT2D eigenvalue weighted by atomic mass is 19.1. The molecule has 7 heteroatoms. The fourth-order valence-corrected chi connectivity index (χ4v) is 3.43. The second kappa shape index (κ2) is 8.87. The Hall–Kier alpha value is -3.87. The smallest absolute Gasteiger partial charge is 0.253 e. The first-order valence-electron chi connectivity index (χ1n) is 9.78. The van der Waals surface area contributed by atoms with Crippen molar-refractivity contribution in [1.82, 2.24) is 10.3 Å². The van der Waals surface area contributed by atoms with E-state index in [-0.39, 0.29) is 5.56 Å². The van der Waals surface area contributed by atoms with Gasteiger partial charge in [-0.3, -0.25) is 4.79 Å². The number of amides is 1. The Morgan fingerprint density at radius 2 is 1.87 bits per heavy atom. The van der Waals surface area contributed by atoms with Gasteiger partial charge < -0.3 is 20.4 Å². The fraction of sp³-hybridized carbons (Fsp3) is 0.125. The molecule has 0 aliphatic rings. The number of carbonyl (C=O) groups is 1. The lowest BCUT2D eigenvalue weighted by Crippen LogP contribution is -2.26. The predicted molar refractivity (Wildman–Crippen MR) is 117 cm³/mol. The van der Waals surface area contributed by atoms with Crippen LogP contribution in [0.2, 0.25) is 0 Å². The summed E-state index contributed by atoms with van der Waals surface area (Å²) in [6, 6.07) is 15.5. The molecule has 1 aromatic heterocycles. The fourth-order valence-electron chi connectivity index (χ4n) is 3.43. The lowest BCUT2D eigenvalue weighted by molar-refractivity contribution is 0.0954. The monoisotopic (exact) mass is 421 g/mol. The Morgan fingerprint density at radius 3 is 2.68 bits per heavy atom. The second-order valence-electron chi connectivity index (χ2n) is 7.06. The van der Waals surface area contributed by atoms with Crippen LogP contribution in [0, 0.1) is 11.6 Å². The van der Waals surface area contributed by atoms with Crippen molar-refractivity contribution >= 4 is 28.2 Å². The van der Waals surface area contributed by atoms with E-state index in [2.05, 4.69) is 15.6 Å². The number of aromatic amines is 1. The first-order valence-corrected chi connectivity index (χ1v) is 9.78. The summed E-state index contributed by atoms with van der Waals surface area (Å²) in [6.07, 6.45) is 2.48. The number of fused-ring (bicyclic) bond motifs is 1. The van der Waals surface area contributed by atoms with Crippen LogP contribution >= 0.6 is 0 Å². The van der Waals surface area contributed by atoms with E-state index in [1.54, 1.807) is 19.2 Å². The summed E-state index contributed by atoms with van der Waals surface area (Å²) >= 11 is 0. The van der Waals surface area contributed by atoms with Gasteiger partial charge in [0.05, 0.1) is 18.4 Å². The van der Waals surface area contributed by atoms with E-state index in [0.29, 0.717) is 24.3 Å². The maximum atomic E-state index is 13.8. The van der Waals surface area contributed by atoms with Crippen LogP contribution in [0.5, 0.6) is 5.75 Å². The van der Waals surface area contributed by atoms with Crippen LogP contribution in [0.4, 0.5) is 20.2 Å². The molecule has 4 aromatic rings. The van der Waals surface area contributed by atoms with Crippen LogP contribution in [0.1, 0.15) is 15.9 Å². The molecule has 0 unspecified atom stereocenters. The van der Waals surface area contributed by atoms with Gasteiger partial charge in [0, 0.05) is 29.3 Å². The van der Waals surface area contributed by atoms with Gasteiger partial charge in [0.15, 0.2) is 0 Å². The molecule has 1 amide bonds. The molecule has 0 fully saturated rings. The van der Waals surface area contributed by atoms with E-state index in [1.165, 1.54) is 24.3 Å². The SMILES string of the molecule is COc1ccc2[nH]cc(CCNC(=O)c3cc(F)ccc3Nc3cccc(F)c3)c2c1. The van der Waals surface area contributed by atoms with Gasteiger partial charge in [0.25, 0.3) is 5.91 Å². The summed E-state index contributed by atoms with van der Waals surface area (Å²) < 4.78 is 32.6. The molecule has 158 valence electrons. The summed E-state index contributed by atoms with van der Waals surface area (Å²) in [5, 5.41) is 6.83. The van der Waals surface area contributed by atoms with Crippen LogP contribution in [-0.4, -0.2) is 24.5 Å². The van der Waals surface area contributed by atoms with E-state index in [4.69, 9.17) is 4.74 Å². The normalized spacial score (nSPS) is 10.8. The van der Waals surface area contributed by atoms with Gasteiger partial charge in [-0.1, -0.05) is 6.07 Å².